The average Bonchev–Trinajstić information content (AvgIpc) is 3.93. The van der Waals surface area contributed by atoms with Crippen molar-refractivity contribution in [2.75, 3.05) is 33.8 Å². The summed E-state index contributed by atoms with van der Waals surface area (Å²) in [4.78, 5) is 65.2. The van der Waals surface area contributed by atoms with Crippen molar-refractivity contribution in [3.05, 3.63) is 113 Å². The number of carbonyl (C=O) groups is 4. The highest BCUT2D eigenvalue weighted by molar-refractivity contribution is 5.96. The fourth-order valence-corrected chi connectivity index (χ4v) is 8.81. The Morgan fingerprint density at radius 1 is 0.963 bits per heavy atom. The van der Waals surface area contributed by atoms with E-state index >= 15 is 4.79 Å². The number of esters is 1. The number of likely N-dealkylation sites (N-methyl/N-ethyl adjacent to an activating group) is 1. The number of ether oxygens (including phenoxy) is 3. The van der Waals surface area contributed by atoms with Crippen LogP contribution in [0.1, 0.15) is 41.5 Å². The number of benzene rings is 3. The third-order valence-electron chi connectivity index (χ3n) is 11.2. The smallest absolute Gasteiger partial charge is 0.327 e. The van der Waals surface area contributed by atoms with Crippen molar-refractivity contribution in [1.82, 2.24) is 20.2 Å². The predicted octanol–water partition coefficient (Wildman–Crippen LogP) is 2.37. The lowest BCUT2D eigenvalue weighted by Gasteiger charge is -2.50. The van der Waals surface area contributed by atoms with E-state index in [1.54, 1.807) is 25.1 Å². The molecular formula is C41H44N4O9. The second kappa shape index (κ2) is 14.4. The molecule has 3 aromatic rings. The summed E-state index contributed by atoms with van der Waals surface area (Å²) in [5, 5.41) is 13.6. The standard InChI is InChI=1S/C41H44N4O9/c1-43(2)32(47)19-18-26-11-9-12-27(23-26)25-45-35-38(49)51-31-24-40(35,39(50)44-21-10-17-30(44)37(48)42-20-22-46)36(54-45)34-33(31)52-41(53-34,28-13-5-3-6-14-28)29-15-7-4-8-16-29/h3-9,11-16,18-19,23,30-31,33-36,46H,10,17,20-22,24-25H2,1-2H3,(H,42,48)/t30-,31-,33+,34+,35+,36-,40+/m1/s1. The predicted molar refractivity (Wildman–Crippen MR) is 194 cm³/mol. The second-order valence-corrected chi connectivity index (χ2v) is 14.7. The van der Waals surface area contributed by atoms with Gasteiger partial charge >= 0.3 is 5.97 Å². The van der Waals surface area contributed by atoms with E-state index in [2.05, 4.69) is 5.32 Å². The van der Waals surface area contributed by atoms with Gasteiger partial charge in [0.15, 0.2) is 6.04 Å². The SMILES string of the molecule is CN(C)C(=O)C=Cc1cccc(CN2O[C@@H]3[C@H]4OC(c5ccccc5)(c5ccccc5)O[C@H]4[C@H]4C[C@]3(C(=O)N3CCC[C@@H]3C(=O)NCCO)[C@@H]2C(=O)O4)c1. The molecule has 1 aliphatic carbocycles. The summed E-state index contributed by atoms with van der Waals surface area (Å²) in [6.45, 7) is 0.262. The summed E-state index contributed by atoms with van der Waals surface area (Å²) in [5.74, 6) is -2.91. The van der Waals surface area contributed by atoms with Crippen LogP contribution in [0.5, 0.6) is 0 Å². The first kappa shape index (κ1) is 36.1. The lowest BCUT2D eigenvalue weighted by Crippen LogP contribution is -2.70. The summed E-state index contributed by atoms with van der Waals surface area (Å²) < 4.78 is 20.3. The normalized spacial score (nSPS) is 29.5. The van der Waals surface area contributed by atoms with E-state index in [1.807, 2.05) is 84.9 Å². The second-order valence-electron chi connectivity index (χ2n) is 14.7. The van der Waals surface area contributed by atoms with E-state index in [1.165, 1.54) is 16.0 Å². The molecule has 0 unspecified atom stereocenters. The molecule has 4 aliphatic heterocycles. The van der Waals surface area contributed by atoms with Gasteiger partial charge in [-0.25, -0.2) is 0 Å². The van der Waals surface area contributed by atoms with Crippen molar-refractivity contribution in [1.29, 1.82) is 0 Å². The van der Waals surface area contributed by atoms with E-state index in [9.17, 15) is 19.5 Å². The molecule has 8 rings (SSSR count). The van der Waals surface area contributed by atoms with Gasteiger partial charge in [-0.1, -0.05) is 84.9 Å². The number of aliphatic hydroxyl groups excluding tert-OH is 1. The van der Waals surface area contributed by atoms with Crippen molar-refractivity contribution in [2.45, 2.75) is 68.1 Å². The van der Waals surface area contributed by atoms with Gasteiger partial charge in [0.2, 0.25) is 23.5 Å². The minimum absolute atomic E-state index is 0.0621. The molecule has 0 spiro atoms. The van der Waals surface area contributed by atoms with Crippen LogP contribution in [-0.2, 0) is 50.6 Å². The fourth-order valence-electron chi connectivity index (χ4n) is 8.81. The number of fused-ring (bicyclic) bond motifs is 4. The average molecular weight is 737 g/mol. The van der Waals surface area contributed by atoms with Crippen molar-refractivity contribution in [2.24, 2.45) is 5.41 Å². The molecule has 13 heteroatoms. The van der Waals surface area contributed by atoms with Gasteiger partial charge in [-0.3, -0.25) is 24.0 Å². The van der Waals surface area contributed by atoms with Crippen LogP contribution in [0.25, 0.3) is 6.08 Å². The highest BCUT2D eigenvalue weighted by Gasteiger charge is 2.77. The van der Waals surface area contributed by atoms with Crippen LogP contribution in [0, 0.1) is 5.41 Å². The Labute approximate surface area is 313 Å². The minimum Gasteiger partial charge on any atom is -0.458 e. The number of aliphatic hydroxyl groups is 1. The first-order valence-corrected chi connectivity index (χ1v) is 18.4. The highest BCUT2D eigenvalue weighted by atomic mass is 16.8. The van der Waals surface area contributed by atoms with Crippen LogP contribution in [0.3, 0.4) is 0 Å². The zero-order valence-electron chi connectivity index (χ0n) is 30.2. The Bertz CT molecular complexity index is 1900. The molecule has 2 N–H and O–H groups in total. The molecule has 54 heavy (non-hydrogen) atoms. The third-order valence-corrected chi connectivity index (χ3v) is 11.2. The summed E-state index contributed by atoms with van der Waals surface area (Å²) in [6, 6.07) is 24.7. The van der Waals surface area contributed by atoms with Crippen LogP contribution in [0.4, 0.5) is 0 Å². The molecule has 1 saturated carbocycles. The molecule has 7 atom stereocenters. The van der Waals surface area contributed by atoms with Crippen molar-refractivity contribution in [3.63, 3.8) is 0 Å². The number of nitrogens with zero attached hydrogens (tertiary/aromatic N) is 3. The van der Waals surface area contributed by atoms with Crippen LogP contribution in [0.15, 0.2) is 91.0 Å². The quantitative estimate of drug-likeness (QED) is 0.235. The molecule has 4 saturated heterocycles. The molecule has 2 bridgehead atoms. The van der Waals surface area contributed by atoms with Crippen molar-refractivity contribution in [3.8, 4) is 0 Å². The first-order chi connectivity index (χ1) is 26.2. The zero-order valence-corrected chi connectivity index (χ0v) is 30.2. The maximum Gasteiger partial charge on any atom is 0.327 e. The summed E-state index contributed by atoms with van der Waals surface area (Å²) >= 11 is 0. The summed E-state index contributed by atoms with van der Waals surface area (Å²) in [5.41, 5.74) is 1.53. The number of hydrogen-bond acceptors (Lipinski definition) is 10. The largest absolute Gasteiger partial charge is 0.458 e. The Kier molecular flexibility index (Phi) is 9.61. The topological polar surface area (TPSA) is 147 Å². The van der Waals surface area contributed by atoms with Crippen LogP contribution in [-0.4, -0.2) is 114 Å². The van der Waals surface area contributed by atoms with Gasteiger partial charge in [0, 0.05) is 50.8 Å². The van der Waals surface area contributed by atoms with Crippen LogP contribution < -0.4 is 5.32 Å². The van der Waals surface area contributed by atoms with Gasteiger partial charge in [0.25, 0.3) is 0 Å². The van der Waals surface area contributed by atoms with Gasteiger partial charge in [-0.05, 0) is 30.0 Å². The Morgan fingerprint density at radius 2 is 1.67 bits per heavy atom. The molecule has 282 valence electrons. The van der Waals surface area contributed by atoms with Gasteiger partial charge in [0.1, 0.15) is 35.9 Å². The lowest BCUT2D eigenvalue weighted by molar-refractivity contribution is -0.214. The summed E-state index contributed by atoms with van der Waals surface area (Å²) in [6.07, 6.45) is 0.876. The highest BCUT2D eigenvalue weighted by Crippen LogP contribution is 2.60. The third kappa shape index (κ3) is 6.00. The first-order valence-electron chi connectivity index (χ1n) is 18.4. The molecule has 0 aromatic heterocycles. The van der Waals surface area contributed by atoms with E-state index in [4.69, 9.17) is 19.0 Å². The number of likely N-dealkylation sites (tertiary alicyclic amines) is 1. The molecule has 5 fully saturated rings. The number of amides is 3. The molecule has 0 radical (unpaired) electrons. The molecular weight excluding hydrogens is 692 g/mol. The summed E-state index contributed by atoms with van der Waals surface area (Å²) in [7, 11) is 3.36. The van der Waals surface area contributed by atoms with Gasteiger partial charge in [-0.15, -0.1) is 0 Å². The van der Waals surface area contributed by atoms with Crippen LogP contribution >= 0.6 is 0 Å². The monoisotopic (exact) mass is 736 g/mol. The van der Waals surface area contributed by atoms with E-state index in [0.717, 1.165) is 22.3 Å². The Hall–Kier alpha value is -4.92. The van der Waals surface area contributed by atoms with E-state index in [-0.39, 0.29) is 43.8 Å². The number of nitrogens with one attached hydrogen (secondary N) is 1. The number of hydrogen-bond donors (Lipinski definition) is 2. The molecule has 3 amide bonds. The van der Waals surface area contributed by atoms with Gasteiger partial charge in [0.05, 0.1) is 13.2 Å². The van der Waals surface area contributed by atoms with Crippen molar-refractivity contribution < 1.29 is 43.3 Å². The number of hydroxylamine groups is 2. The molecule has 4 heterocycles. The lowest BCUT2D eigenvalue weighted by atomic mass is 9.62. The van der Waals surface area contributed by atoms with Crippen LogP contribution in [0.2, 0.25) is 0 Å². The van der Waals surface area contributed by atoms with Crippen molar-refractivity contribution >= 4 is 29.8 Å². The number of rotatable bonds is 10. The van der Waals surface area contributed by atoms with Gasteiger partial charge in [-0.2, -0.15) is 5.06 Å². The zero-order chi connectivity index (χ0) is 37.6. The molecule has 13 nitrogen and oxygen atoms in total. The van der Waals surface area contributed by atoms with E-state index in [0.29, 0.717) is 19.4 Å². The molecule has 3 aromatic carbocycles. The van der Waals surface area contributed by atoms with E-state index < -0.39 is 53.7 Å². The molecule has 5 aliphatic rings. The Morgan fingerprint density at radius 3 is 2.35 bits per heavy atom. The maximum atomic E-state index is 15.3. The fraction of sp³-hybridized carbons (Fsp3) is 0.415. The number of carbonyl (C=O) groups excluding carboxylic acids is 4. The minimum atomic E-state index is -1.48. The maximum absolute atomic E-state index is 15.3. The van der Waals surface area contributed by atoms with Gasteiger partial charge < -0.3 is 34.4 Å². The Balaban J connectivity index is 1.20.